The Balaban J connectivity index is 2.81. The molecule has 0 bridgehead atoms. The van der Waals surface area contributed by atoms with Gasteiger partial charge >= 0.3 is 0 Å². The van der Waals surface area contributed by atoms with Gasteiger partial charge in [-0.2, -0.15) is 0 Å². The van der Waals surface area contributed by atoms with Crippen LogP contribution in [0.4, 0.5) is 0 Å². The molecule has 3 heteroatoms. The van der Waals surface area contributed by atoms with Crippen LogP contribution < -0.4 is 10.1 Å². The van der Waals surface area contributed by atoms with Gasteiger partial charge < -0.3 is 10.1 Å². The van der Waals surface area contributed by atoms with Crippen LogP contribution in [-0.4, -0.2) is 13.7 Å². The van der Waals surface area contributed by atoms with Gasteiger partial charge in [0.15, 0.2) is 0 Å². The normalized spacial score (nSPS) is 10.1. The van der Waals surface area contributed by atoms with Crippen LogP contribution in [-0.2, 0) is 6.54 Å². The molecule has 0 aliphatic rings. The fourth-order valence-corrected chi connectivity index (χ4v) is 1.34. The first kappa shape index (κ1) is 10.4. The van der Waals surface area contributed by atoms with Crippen molar-refractivity contribution in [3.8, 4) is 5.75 Å². The highest BCUT2D eigenvalue weighted by molar-refractivity contribution is 6.30. The quantitative estimate of drug-likeness (QED) is 0.805. The van der Waals surface area contributed by atoms with Gasteiger partial charge in [-0.25, -0.2) is 0 Å². The minimum Gasteiger partial charge on any atom is -0.496 e. The summed E-state index contributed by atoms with van der Waals surface area (Å²) in [4.78, 5) is 0. The zero-order valence-electron chi connectivity index (χ0n) is 7.93. The molecule has 0 saturated carbocycles. The predicted octanol–water partition coefficient (Wildman–Crippen LogP) is 2.46. The van der Waals surface area contributed by atoms with Crippen molar-refractivity contribution in [1.82, 2.24) is 5.32 Å². The van der Waals surface area contributed by atoms with Crippen molar-refractivity contribution in [2.75, 3.05) is 13.7 Å². The average molecular weight is 200 g/mol. The van der Waals surface area contributed by atoms with Gasteiger partial charge in [0.1, 0.15) is 5.75 Å². The summed E-state index contributed by atoms with van der Waals surface area (Å²) in [6, 6.07) is 5.63. The molecule has 0 aromatic heterocycles. The SMILES string of the molecule is CCNCc1cc(Cl)ccc1OC. The summed E-state index contributed by atoms with van der Waals surface area (Å²) in [5.41, 5.74) is 1.09. The standard InChI is InChI=1S/C10H14ClNO/c1-3-12-7-8-6-9(11)4-5-10(8)13-2/h4-6,12H,3,7H2,1-2H3. The maximum absolute atomic E-state index is 5.87. The number of hydrogen-bond donors (Lipinski definition) is 1. The number of halogens is 1. The van der Waals surface area contributed by atoms with Gasteiger partial charge in [-0.3, -0.25) is 0 Å². The van der Waals surface area contributed by atoms with Crippen molar-refractivity contribution in [1.29, 1.82) is 0 Å². The zero-order valence-corrected chi connectivity index (χ0v) is 8.69. The molecule has 0 spiro atoms. The second kappa shape index (κ2) is 5.10. The van der Waals surface area contributed by atoms with Crippen molar-refractivity contribution in [3.05, 3.63) is 28.8 Å². The first-order valence-corrected chi connectivity index (χ1v) is 4.69. The van der Waals surface area contributed by atoms with Crippen LogP contribution in [0, 0.1) is 0 Å². The molecular formula is C10H14ClNO. The smallest absolute Gasteiger partial charge is 0.123 e. The lowest BCUT2D eigenvalue weighted by Gasteiger charge is -2.08. The van der Waals surface area contributed by atoms with E-state index >= 15 is 0 Å². The summed E-state index contributed by atoms with van der Waals surface area (Å²) in [6.45, 7) is 3.80. The van der Waals surface area contributed by atoms with E-state index in [4.69, 9.17) is 16.3 Å². The van der Waals surface area contributed by atoms with Crippen LogP contribution in [0.1, 0.15) is 12.5 Å². The first-order chi connectivity index (χ1) is 6.27. The largest absolute Gasteiger partial charge is 0.496 e. The minimum absolute atomic E-state index is 0.744. The molecular weight excluding hydrogens is 186 g/mol. The fraction of sp³-hybridized carbons (Fsp3) is 0.400. The molecule has 0 radical (unpaired) electrons. The molecule has 0 saturated heterocycles. The Kier molecular flexibility index (Phi) is 4.06. The van der Waals surface area contributed by atoms with Crippen molar-refractivity contribution in [2.45, 2.75) is 13.5 Å². The molecule has 0 aliphatic carbocycles. The molecule has 0 atom stereocenters. The Morgan fingerprint density at radius 1 is 1.46 bits per heavy atom. The molecule has 1 aromatic carbocycles. The van der Waals surface area contributed by atoms with Gasteiger partial charge in [0, 0.05) is 17.1 Å². The highest BCUT2D eigenvalue weighted by atomic mass is 35.5. The molecule has 0 amide bonds. The molecule has 1 rings (SSSR count). The lowest BCUT2D eigenvalue weighted by molar-refractivity contribution is 0.408. The lowest BCUT2D eigenvalue weighted by atomic mass is 10.2. The fourth-order valence-electron chi connectivity index (χ4n) is 1.14. The summed E-state index contributed by atoms with van der Waals surface area (Å²) in [5, 5.41) is 3.97. The summed E-state index contributed by atoms with van der Waals surface area (Å²) >= 11 is 5.87. The van der Waals surface area contributed by atoms with Crippen LogP contribution in [0.15, 0.2) is 18.2 Å². The van der Waals surface area contributed by atoms with Crippen molar-refractivity contribution < 1.29 is 4.74 Å². The van der Waals surface area contributed by atoms with Gasteiger partial charge in [0.25, 0.3) is 0 Å². The van der Waals surface area contributed by atoms with E-state index in [1.54, 1.807) is 7.11 Å². The van der Waals surface area contributed by atoms with Gasteiger partial charge in [0.2, 0.25) is 0 Å². The summed E-state index contributed by atoms with van der Waals surface area (Å²) in [5.74, 6) is 0.880. The molecule has 0 heterocycles. The van der Waals surface area contributed by atoms with Gasteiger partial charge in [0.05, 0.1) is 7.11 Å². The second-order valence-electron chi connectivity index (χ2n) is 2.74. The summed E-state index contributed by atoms with van der Waals surface area (Å²) in [7, 11) is 1.67. The molecule has 72 valence electrons. The summed E-state index contributed by atoms with van der Waals surface area (Å²) < 4.78 is 5.20. The predicted molar refractivity (Wildman–Crippen MR) is 55.4 cm³/mol. The Labute approximate surface area is 83.9 Å². The van der Waals surface area contributed by atoms with E-state index in [1.165, 1.54) is 0 Å². The van der Waals surface area contributed by atoms with Gasteiger partial charge in [-0.15, -0.1) is 0 Å². The monoisotopic (exact) mass is 199 g/mol. The first-order valence-electron chi connectivity index (χ1n) is 4.31. The molecule has 0 unspecified atom stereocenters. The molecule has 13 heavy (non-hydrogen) atoms. The van der Waals surface area contributed by atoms with E-state index < -0.39 is 0 Å². The molecule has 2 nitrogen and oxygen atoms in total. The topological polar surface area (TPSA) is 21.3 Å². The maximum Gasteiger partial charge on any atom is 0.123 e. The molecule has 0 aliphatic heterocycles. The number of benzene rings is 1. The molecule has 0 fully saturated rings. The van der Waals surface area contributed by atoms with E-state index in [0.717, 1.165) is 29.4 Å². The molecule has 1 aromatic rings. The Hall–Kier alpha value is -0.730. The number of hydrogen-bond acceptors (Lipinski definition) is 2. The number of methoxy groups -OCH3 is 1. The van der Waals surface area contributed by atoms with E-state index in [-0.39, 0.29) is 0 Å². The zero-order chi connectivity index (χ0) is 9.68. The number of ether oxygens (including phenoxy) is 1. The third kappa shape index (κ3) is 2.90. The summed E-state index contributed by atoms with van der Waals surface area (Å²) in [6.07, 6.45) is 0. The third-order valence-electron chi connectivity index (χ3n) is 1.81. The highest BCUT2D eigenvalue weighted by Crippen LogP contribution is 2.22. The van der Waals surface area contributed by atoms with E-state index in [1.807, 2.05) is 18.2 Å². The van der Waals surface area contributed by atoms with E-state index in [0.29, 0.717) is 0 Å². The Bertz CT molecular complexity index is 276. The highest BCUT2D eigenvalue weighted by Gasteiger charge is 2.02. The molecule has 1 N–H and O–H groups in total. The lowest BCUT2D eigenvalue weighted by Crippen LogP contribution is -2.12. The number of rotatable bonds is 4. The van der Waals surface area contributed by atoms with Crippen LogP contribution >= 0.6 is 11.6 Å². The average Bonchev–Trinajstić information content (AvgIpc) is 2.15. The Morgan fingerprint density at radius 2 is 2.23 bits per heavy atom. The van der Waals surface area contributed by atoms with Gasteiger partial charge in [-0.05, 0) is 24.7 Å². The number of nitrogens with one attached hydrogen (secondary N) is 1. The van der Waals surface area contributed by atoms with Crippen LogP contribution in [0.2, 0.25) is 5.02 Å². The van der Waals surface area contributed by atoms with Crippen LogP contribution in [0.25, 0.3) is 0 Å². The third-order valence-corrected chi connectivity index (χ3v) is 2.04. The van der Waals surface area contributed by atoms with Crippen molar-refractivity contribution in [2.24, 2.45) is 0 Å². The second-order valence-corrected chi connectivity index (χ2v) is 3.17. The minimum atomic E-state index is 0.744. The van der Waals surface area contributed by atoms with Crippen molar-refractivity contribution >= 4 is 11.6 Å². The van der Waals surface area contributed by atoms with E-state index in [9.17, 15) is 0 Å². The maximum atomic E-state index is 5.87. The van der Waals surface area contributed by atoms with Crippen LogP contribution in [0.3, 0.4) is 0 Å². The van der Waals surface area contributed by atoms with E-state index in [2.05, 4.69) is 12.2 Å². The van der Waals surface area contributed by atoms with Crippen molar-refractivity contribution in [3.63, 3.8) is 0 Å². The Morgan fingerprint density at radius 3 is 2.85 bits per heavy atom. The van der Waals surface area contributed by atoms with Crippen LogP contribution in [0.5, 0.6) is 5.75 Å². The van der Waals surface area contributed by atoms with Gasteiger partial charge in [-0.1, -0.05) is 18.5 Å².